The van der Waals surface area contributed by atoms with Crippen molar-refractivity contribution in [2.24, 2.45) is 0 Å². The van der Waals surface area contributed by atoms with E-state index in [4.69, 9.17) is 0 Å². The standard InChI is InChI=1S/C15H24N2/c1-15(2,3)16-12-13-6-8-14(9-7-13)17-10-4-5-11-17/h6-9,16H,4-5,10-12H2,1-3H3. The van der Waals surface area contributed by atoms with Crippen molar-refractivity contribution in [2.45, 2.75) is 45.7 Å². The number of hydrogen-bond acceptors (Lipinski definition) is 2. The first-order valence-electron chi connectivity index (χ1n) is 6.63. The van der Waals surface area contributed by atoms with Gasteiger partial charge >= 0.3 is 0 Å². The fourth-order valence-corrected chi connectivity index (χ4v) is 2.17. The molecule has 0 amide bonds. The number of rotatable bonds is 3. The van der Waals surface area contributed by atoms with E-state index in [0.29, 0.717) is 0 Å². The Morgan fingerprint density at radius 1 is 1.06 bits per heavy atom. The largest absolute Gasteiger partial charge is 0.372 e. The van der Waals surface area contributed by atoms with Gasteiger partial charge in [0.05, 0.1) is 0 Å². The van der Waals surface area contributed by atoms with Crippen molar-refractivity contribution < 1.29 is 0 Å². The van der Waals surface area contributed by atoms with Crippen LogP contribution in [0.3, 0.4) is 0 Å². The number of nitrogens with one attached hydrogen (secondary N) is 1. The van der Waals surface area contributed by atoms with Crippen LogP contribution in [-0.2, 0) is 6.54 Å². The topological polar surface area (TPSA) is 15.3 Å². The Kier molecular flexibility index (Phi) is 3.72. The highest BCUT2D eigenvalue weighted by Crippen LogP contribution is 2.20. The minimum atomic E-state index is 0.188. The fraction of sp³-hybridized carbons (Fsp3) is 0.600. The fourth-order valence-electron chi connectivity index (χ4n) is 2.17. The van der Waals surface area contributed by atoms with E-state index < -0.39 is 0 Å². The van der Waals surface area contributed by atoms with Gasteiger partial charge in [-0.2, -0.15) is 0 Å². The van der Waals surface area contributed by atoms with Crippen LogP contribution in [0.25, 0.3) is 0 Å². The molecule has 2 rings (SSSR count). The lowest BCUT2D eigenvalue weighted by atomic mass is 10.1. The summed E-state index contributed by atoms with van der Waals surface area (Å²) in [5, 5.41) is 3.51. The van der Waals surface area contributed by atoms with Gasteiger partial charge in [0.25, 0.3) is 0 Å². The van der Waals surface area contributed by atoms with Gasteiger partial charge < -0.3 is 10.2 Å². The van der Waals surface area contributed by atoms with Crippen molar-refractivity contribution in [3.8, 4) is 0 Å². The molecule has 1 aliphatic heterocycles. The summed E-state index contributed by atoms with van der Waals surface area (Å²) in [6.45, 7) is 9.99. The number of anilines is 1. The van der Waals surface area contributed by atoms with Gasteiger partial charge in [-0.15, -0.1) is 0 Å². The molecule has 1 aromatic carbocycles. The Hall–Kier alpha value is -1.02. The molecule has 2 nitrogen and oxygen atoms in total. The molecule has 0 aliphatic carbocycles. The van der Waals surface area contributed by atoms with Crippen LogP contribution in [0.2, 0.25) is 0 Å². The molecule has 0 bridgehead atoms. The van der Waals surface area contributed by atoms with E-state index in [9.17, 15) is 0 Å². The van der Waals surface area contributed by atoms with Gasteiger partial charge in [0.1, 0.15) is 0 Å². The summed E-state index contributed by atoms with van der Waals surface area (Å²) >= 11 is 0. The highest BCUT2D eigenvalue weighted by Gasteiger charge is 2.12. The lowest BCUT2D eigenvalue weighted by Gasteiger charge is -2.21. The SMILES string of the molecule is CC(C)(C)NCc1ccc(N2CCCC2)cc1. The smallest absolute Gasteiger partial charge is 0.0366 e. The molecule has 1 fully saturated rings. The minimum Gasteiger partial charge on any atom is -0.372 e. The molecule has 94 valence electrons. The molecule has 17 heavy (non-hydrogen) atoms. The van der Waals surface area contributed by atoms with Crippen molar-refractivity contribution >= 4 is 5.69 Å². The van der Waals surface area contributed by atoms with E-state index in [2.05, 4.69) is 55.3 Å². The first-order chi connectivity index (χ1) is 8.04. The molecule has 0 unspecified atom stereocenters. The van der Waals surface area contributed by atoms with Crippen molar-refractivity contribution in [1.82, 2.24) is 5.32 Å². The van der Waals surface area contributed by atoms with Crippen LogP contribution < -0.4 is 10.2 Å². The van der Waals surface area contributed by atoms with E-state index >= 15 is 0 Å². The Morgan fingerprint density at radius 2 is 1.65 bits per heavy atom. The molecule has 1 N–H and O–H groups in total. The van der Waals surface area contributed by atoms with Gasteiger partial charge in [0, 0.05) is 30.9 Å². The second-order valence-electron chi connectivity index (χ2n) is 5.96. The monoisotopic (exact) mass is 232 g/mol. The lowest BCUT2D eigenvalue weighted by molar-refractivity contribution is 0.424. The molecule has 1 aromatic rings. The van der Waals surface area contributed by atoms with Crippen LogP contribution >= 0.6 is 0 Å². The van der Waals surface area contributed by atoms with Gasteiger partial charge in [-0.3, -0.25) is 0 Å². The maximum absolute atomic E-state index is 3.51. The van der Waals surface area contributed by atoms with Crippen LogP contribution in [0.1, 0.15) is 39.2 Å². The van der Waals surface area contributed by atoms with Gasteiger partial charge in [-0.25, -0.2) is 0 Å². The summed E-state index contributed by atoms with van der Waals surface area (Å²) in [7, 11) is 0. The summed E-state index contributed by atoms with van der Waals surface area (Å²) in [5.41, 5.74) is 2.93. The predicted octanol–water partition coefficient (Wildman–Crippen LogP) is 3.17. The van der Waals surface area contributed by atoms with E-state index in [1.807, 2.05) is 0 Å². The molecule has 1 aliphatic rings. The van der Waals surface area contributed by atoms with Crippen LogP contribution in [-0.4, -0.2) is 18.6 Å². The Labute approximate surface area is 105 Å². The highest BCUT2D eigenvalue weighted by molar-refractivity contribution is 5.48. The zero-order valence-corrected chi connectivity index (χ0v) is 11.3. The Bertz CT molecular complexity index is 342. The van der Waals surface area contributed by atoms with Gasteiger partial charge in [-0.1, -0.05) is 12.1 Å². The van der Waals surface area contributed by atoms with Gasteiger partial charge in [-0.05, 0) is 51.3 Å². The maximum Gasteiger partial charge on any atom is 0.0366 e. The third-order valence-corrected chi connectivity index (χ3v) is 3.23. The summed E-state index contributed by atoms with van der Waals surface area (Å²) < 4.78 is 0. The van der Waals surface area contributed by atoms with Crippen LogP contribution in [0.5, 0.6) is 0 Å². The Morgan fingerprint density at radius 3 is 2.18 bits per heavy atom. The predicted molar refractivity (Wildman–Crippen MR) is 74.5 cm³/mol. The first kappa shape index (κ1) is 12.4. The molecule has 0 saturated carbocycles. The van der Waals surface area contributed by atoms with E-state index in [0.717, 1.165) is 6.54 Å². The molecule has 2 heteroatoms. The second kappa shape index (κ2) is 5.09. The molecule has 0 radical (unpaired) electrons. The van der Waals surface area contributed by atoms with Crippen molar-refractivity contribution in [1.29, 1.82) is 0 Å². The average Bonchev–Trinajstić information content (AvgIpc) is 2.79. The zero-order chi connectivity index (χ0) is 12.3. The number of benzene rings is 1. The number of hydrogen-bond donors (Lipinski definition) is 1. The Balaban J connectivity index is 1.93. The van der Waals surface area contributed by atoms with E-state index in [-0.39, 0.29) is 5.54 Å². The van der Waals surface area contributed by atoms with Crippen LogP contribution in [0, 0.1) is 0 Å². The summed E-state index contributed by atoms with van der Waals surface area (Å²) in [6, 6.07) is 8.99. The average molecular weight is 232 g/mol. The summed E-state index contributed by atoms with van der Waals surface area (Å²) in [4.78, 5) is 2.47. The lowest BCUT2D eigenvalue weighted by Crippen LogP contribution is -2.35. The van der Waals surface area contributed by atoms with Crippen LogP contribution in [0.4, 0.5) is 5.69 Å². The second-order valence-corrected chi connectivity index (χ2v) is 5.96. The normalized spacial score (nSPS) is 16.5. The van der Waals surface area contributed by atoms with Crippen molar-refractivity contribution in [3.05, 3.63) is 29.8 Å². The van der Waals surface area contributed by atoms with Crippen molar-refractivity contribution in [3.63, 3.8) is 0 Å². The first-order valence-corrected chi connectivity index (χ1v) is 6.63. The molecular formula is C15H24N2. The quantitative estimate of drug-likeness (QED) is 0.861. The maximum atomic E-state index is 3.51. The summed E-state index contributed by atoms with van der Waals surface area (Å²) in [6.07, 6.45) is 2.68. The number of nitrogens with zero attached hydrogens (tertiary/aromatic N) is 1. The zero-order valence-electron chi connectivity index (χ0n) is 11.3. The summed E-state index contributed by atoms with van der Waals surface area (Å²) in [5.74, 6) is 0. The molecule has 0 aromatic heterocycles. The molecule has 1 saturated heterocycles. The third kappa shape index (κ3) is 3.74. The van der Waals surface area contributed by atoms with Crippen molar-refractivity contribution in [2.75, 3.05) is 18.0 Å². The van der Waals surface area contributed by atoms with Crippen LogP contribution in [0.15, 0.2) is 24.3 Å². The van der Waals surface area contributed by atoms with Gasteiger partial charge in [0.2, 0.25) is 0 Å². The molecule has 0 spiro atoms. The minimum absolute atomic E-state index is 0.188. The van der Waals surface area contributed by atoms with E-state index in [1.165, 1.54) is 37.2 Å². The highest BCUT2D eigenvalue weighted by atomic mass is 15.1. The third-order valence-electron chi connectivity index (χ3n) is 3.23. The molecule has 1 heterocycles. The molecule has 0 atom stereocenters. The van der Waals surface area contributed by atoms with E-state index in [1.54, 1.807) is 0 Å². The molecular weight excluding hydrogens is 208 g/mol. The van der Waals surface area contributed by atoms with Gasteiger partial charge in [0.15, 0.2) is 0 Å².